The molecule has 0 fully saturated rings. The zero-order chi connectivity index (χ0) is 25.1. The second-order valence-corrected chi connectivity index (χ2v) is 10.8. The Morgan fingerprint density at radius 1 is 0.818 bits per heavy atom. The van der Waals surface area contributed by atoms with Crippen LogP contribution in [0.4, 0.5) is 0 Å². The predicted octanol–water partition coefficient (Wildman–Crippen LogP) is 2.96. The Hall–Kier alpha value is -2.54. The van der Waals surface area contributed by atoms with Crippen LogP contribution in [0.25, 0.3) is 0 Å². The highest BCUT2D eigenvalue weighted by Gasteiger charge is 2.23. The van der Waals surface area contributed by atoms with E-state index in [1.807, 2.05) is 71.9 Å². The molecule has 0 spiro atoms. The van der Waals surface area contributed by atoms with Crippen LogP contribution in [0, 0.1) is 5.41 Å². The molecule has 7 nitrogen and oxygen atoms in total. The van der Waals surface area contributed by atoms with Gasteiger partial charge in [-0.1, -0.05) is 51.1 Å². The average molecular weight is 460 g/mol. The number of ketones is 2. The summed E-state index contributed by atoms with van der Waals surface area (Å²) in [6, 6.07) is 8.68. The second-order valence-electron chi connectivity index (χ2n) is 10.8. The van der Waals surface area contributed by atoms with Crippen molar-refractivity contribution < 1.29 is 19.2 Å². The van der Waals surface area contributed by atoms with Crippen molar-refractivity contribution in [3.05, 3.63) is 35.9 Å². The van der Waals surface area contributed by atoms with E-state index in [4.69, 9.17) is 0 Å². The fourth-order valence-corrected chi connectivity index (χ4v) is 2.93. The van der Waals surface area contributed by atoms with Crippen molar-refractivity contribution in [3.63, 3.8) is 0 Å². The third-order valence-corrected chi connectivity index (χ3v) is 4.87. The van der Waals surface area contributed by atoms with Crippen LogP contribution < -0.4 is 16.0 Å². The molecule has 184 valence electrons. The van der Waals surface area contributed by atoms with Gasteiger partial charge in [-0.05, 0) is 38.2 Å². The van der Waals surface area contributed by atoms with Crippen LogP contribution in [0.15, 0.2) is 30.3 Å². The maximum Gasteiger partial charge on any atom is 0.221 e. The molecule has 1 aromatic carbocycles. The summed E-state index contributed by atoms with van der Waals surface area (Å²) in [5.41, 5.74) is 0.701. The lowest BCUT2D eigenvalue weighted by atomic mass is 9.96. The summed E-state index contributed by atoms with van der Waals surface area (Å²) in [6.45, 7) is 12.7. The molecule has 2 amide bonds. The first-order chi connectivity index (χ1) is 15.2. The van der Waals surface area contributed by atoms with Gasteiger partial charge in [0.1, 0.15) is 5.78 Å². The van der Waals surface area contributed by atoms with Crippen LogP contribution >= 0.6 is 0 Å². The Labute approximate surface area is 198 Å². The molecule has 0 saturated carbocycles. The zero-order valence-corrected chi connectivity index (χ0v) is 21.0. The standard InChI is InChI=1S/C26H41N3O4/c1-25(2,3)18-27-23(32)15-13-22(31)21(16-19-10-8-7-9-11-19)29-24(33)14-12-20(30)17-28-26(4,5)6/h7-11,21,28H,12-18H2,1-6H3,(H,27,32)(H,29,33)/t21-/m0/s1. The summed E-state index contributed by atoms with van der Waals surface area (Å²) >= 11 is 0. The molecule has 7 heteroatoms. The van der Waals surface area contributed by atoms with Gasteiger partial charge in [-0.2, -0.15) is 0 Å². The fraction of sp³-hybridized carbons (Fsp3) is 0.615. The first-order valence-electron chi connectivity index (χ1n) is 11.6. The number of hydrogen-bond acceptors (Lipinski definition) is 5. The third kappa shape index (κ3) is 14.3. The molecular weight excluding hydrogens is 418 g/mol. The highest BCUT2D eigenvalue weighted by molar-refractivity contribution is 5.92. The Morgan fingerprint density at radius 2 is 1.42 bits per heavy atom. The molecular formula is C26H41N3O4. The van der Waals surface area contributed by atoms with E-state index in [-0.39, 0.29) is 66.6 Å². The van der Waals surface area contributed by atoms with E-state index >= 15 is 0 Å². The lowest BCUT2D eigenvalue weighted by molar-refractivity contribution is -0.130. The Balaban J connectivity index is 2.64. The highest BCUT2D eigenvalue weighted by Crippen LogP contribution is 2.11. The summed E-state index contributed by atoms with van der Waals surface area (Å²) in [7, 11) is 0. The molecule has 1 atom stereocenters. The topological polar surface area (TPSA) is 104 Å². The SMILES string of the molecule is CC(C)(C)CNC(=O)CCC(=O)[C@H](Cc1ccccc1)NC(=O)CCC(=O)CNC(C)(C)C. The Bertz CT molecular complexity index is 792. The zero-order valence-electron chi connectivity index (χ0n) is 21.0. The number of carbonyl (C=O) groups is 4. The second kappa shape index (κ2) is 13.2. The van der Waals surface area contributed by atoms with Crippen LogP contribution in [0.1, 0.15) is 72.8 Å². The van der Waals surface area contributed by atoms with Crippen LogP contribution in [-0.2, 0) is 25.6 Å². The lowest BCUT2D eigenvalue weighted by Crippen LogP contribution is -2.43. The van der Waals surface area contributed by atoms with Crippen molar-refractivity contribution in [3.8, 4) is 0 Å². The summed E-state index contributed by atoms with van der Waals surface area (Å²) in [6.07, 6.45) is 0.593. The van der Waals surface area contributed by atoms with Gasteiger partial charge >= 0.3 is 0 Å². The van der Waals surface area contributed by atoms with Gasteiger partial charge in [0.15, 0.2) is 5.78 Å². The quantitative estimate of drug-likeness (QED) is 0.421. The van der Waals surface area contributed by atoms with Gasteiger partial charge in [-0.15, -0.1) is 0 Å². The van der Waals surface area contributed by atoms with E-state index in [1.54, 1.807) is 0 Å². The van der Waals surface area contributed by atoms with Crippen molar-refractivity contribution in [1.29, 1.82) is 0 Å². The number of carbonyl (C=O) groups excluding carboxylic acids is 4. The average Bonchev–Trinajstić information content (AvgIpc) is 2.72. The molecule has 0 aromatic heterocycles. The van der Waals surface area contributed by atoms with Crippen molar-refractivity contribution >= 4 is 23.4 Å². The maximum atomic E-state index is 12.9. The third-order valence-electron chi connectivity index (χ3n) is 4.87. The summed E-state index contributed by atoms with van der Waals surface area (Å²) < 4.78 is 0. The van der Waals surface area contributed by atoms with Gasteiger partial charge < -0.3 is 16.0 Å². The molecule has 0 saturated heterocycles. The predicted molar refractivity (Wildman–Crippen MR) is 131 cm³/mol. The van der Waals surface area contributed by atoms with E-state index in [2.05, 4.69) is 16.0 Å². The van der Waals surface area contributed by atoms with Crippen molar-refractivity contribution in [2.75, 3.05) is 13.1 Å². The molecule has 1 aromatic rings. The minimum absolute atomic E-state index is 0.0231. The van der Waals surface area contributed by atoms with E-state index in [0.29, 0.717) is 13.0 Å². The Morgan fingerprint density at radius 3 is 2.00 bits per heavy atom. The summed E-state index contributed by atoms with van der Waals surface area (Å²) in [5.74, 6) is -0.772. The molecule has 3 N–H and O–H groups in total. The van der Waals surface area contributed by atoms with Gasteiger partial charge in [-0.25, -0.2) is 0 Å². The minimum atomic E-state index is -0.738. The summed E-state index contributed by atoms with van der Waals surface area (Å²) in [4.78, 5) is 49.5. The minimum Gasteiger partial charge on any atom is -0.356 e. The van der Waals surface area contributed by atoms with Crippen molar-refractivity contribution in [2.24, 2.45) is 5.41 Å². The molecule has 1 rings (SSSR count). The normalized spacial score (nSPS) is 12.7. The van der Waals surface area contributed by atoms with Crippen LogP contribution in [-0.4, -0.2) is 48.1 Å². The van der Waals surface area contributed by atoms with Gasteiger partial charge in [0, 0.05) is 37.8 Å². The fourth-order valence-electron chi connectivity index (χ4n) is 2.93. The first-order valence-corrected chi connectivity index (χ1v) is 11.6. The number of benzene rings is 1. The number of hydrogen-bond donors (Lipinski definition) is 3. The van der Waals surface area contributed by atoms with E-state index in [0.717, 1.165) is 5.56 Å². The molecule has 0 heterocycles. The van der Waals surface area contributed by atoms with Crippen molar-refractivity contribution in [1.82, 2.24) is 16.0 Å². The van der Waals surface area contributed by atoms with Gasteiger partial charge in [0.2, 0.25) is 11.8 Å². The smallest absolute Gasteiger partial charge is 0.221 e. The van der Waals surface area contributed by atoms with Crippen LogP contribution in [0.5, 0.6) is 0 Å². The lowest BCUT2D eigenvalue weighted by Gasteiger charge is -2.20. The molecule has 0 aliphatic carbocycles. The molecule has 0 radical (unpaired) electrons. The van der Waals surface area contributed by atoms with Crippen molar-refractivity contribution in [2.45, 2.75) is 85.2 Å². The van der Waals surface area contributed by atoms with Crippen LogP contribution in [0.2, 0.25) is 0 Å². The monoisotopic (exact) mass is 459 g/mol. The summed E-state index contributed by atoms with van der Waals surface area (Å²) in [5, 5.41) is 8.73. The number of Topliss-reactive ketones (excluding diaryl/α,β-unsaturated/α-hetero) is 2. The van der Waals surface area contributed by atoms with E-state index in [9.17, 15) is 19.2 Å². The Kier molecular flexibility index (Phi) is 11.4. The van der Waals surface area contributed by atoms with Gasteiger partial charge in [-0.3, -0.25) is 19.2 Å². The van der Waals surface area contributed by atoms with Gasteiger partial charge in [0.25, 0.3) is 0 Å². The molecule has 0 aliphatic heterocycles. The molecule has 33 heavy (non-hydrogen) atoms. The molecule has 0 unspecified atom stereocenters. The van der Waals surface area contributed by atoms with Crippen LogP contribution in [0.3, 0.4) is 0 Å². The molecule has 0 bridgehead atoms. The van der Waals surface area contributed by atoms with E-state index in [1.165, 1.54) is 0 Å². The largest absolute Gasteiger partial charge is 0.356 e. The highest BCUT2D eigenvalue weighted by atomic mass is 16.2. The van der Waals surface area contributed by atoms with E-state index < -0.39 is 6.04 Å². The molecule has 0 aliphatic rings. The first kappa shape index (κ1) is 28.5. The number of amides is 2. The number of nitrogens with one attached hydrogen (secondary N) is 3. The number of rotatable bonds is 13. The maximum absolute atomic E-state index is 12.9. The van der Waals surface area contributed by atoms with Gasteiger partial charge in [0.05, 0.1) is 12.6 Å².